The molecule has 0 aliphatic rings. The number of methoxy groups -OCH3 is 1. The summed E-state index contributed by atoms with van der Waals surface area (Å²) in [6.07, 6.45) is 1.39. The third-order valence-corrected chi connectivity index (χ3v) is 5.04. The van der Waals surface area contributed by atoms with Crippen LogP contribution in [0.5, 0.6) is 11.5 Å². The fourth-order valence-corrected chi connectivity index (χ4v) is 3.21. The topological polar surface area (TPSA) is 89.0 Å². The number of rotatable bonds is 8. The van der Waals surface area contributed by atoms with Crippen molar-refractivity contribution >= 4 is 51.2 Å². The van der Waals surface area contributed by atoms with Crippen LogP contribution in [0.1, 0.15) is 15.9 Å². The van der Waals surface area contributed by atoms with Crippen molar-refractivity contribution in [2.45, 2.75) is 0 Å². The number of benzene rings is 3. The number of para-hydroxylation sites is 1. The molecule has 2 amide bonds. The van der Waals surface area contributed by atoms with Crippen molar-refractivity contribution < 1.29 is 23.5 Å². The second-order valence-corrected chi connectivity index (χ2v) is 7.88. The largest absolute Gasteiger partial charge is 0.493 e. The third kappa shape index (κ3) is 6.77. The van der Waals surface area contributed by atoms with Gasteiger partial charge in [-0.25, -0.2) is 9.82 Å². The number of carbonyl (C=O) groups is 2. The molecule has 0 aliphatic heterocycles. The molecule has 10 heteroatoms. The molecule has 7 nitrogen and oxygen atoms in total. The summed E-state index contributed by atoms with van der Waals surface area (Å²) in [7, 11) is 1.41. The number of nitrogens with zero attached hydrogens (tertiary/aromatic N) is 1. The standard InChI is InChI=1S/C23H18BrClFN3O4/c1-32-20-11-14(12-27-29-23(31)15-6-8-16(24)9-7-15)10-17(25)22(20)33-13-21(30)28-19-5-3-2-4-18(19)26/h2-12H,13H2,1H3,(H,28,30)(H,29,31)/b27-12+. The van der Waals surface area contributed by atoms with Gasteiger partial charge in [-0.15, -0.1) is 0 Å². The van der Waals surface area contributed by atoms with Crippen LogP contribution in [0.4, 0.5) is 10.1 Å². The second kappa shape index (κ2) is 11.4. The Balaban J connectivity index is 1.63. The molecule has 3 rings (SSSR count). The van der Waals surface area contributed by atoms with E-state index in [1.54, 1.807) is 36.4 Å². The predicted molar refractivity (Wildman–Crippen MR) is 128 cm³/mol. The first-order valence-electron chi connectivity index (χ1n) is 9.51. The summed E-state index contributed by atoms with van der Waals surface area (Å²) in [6.45, 7) is -0.416. The van der Waals surface area contributed by atoms with E-state index >= 15 is 0 Å². The van der Waals surface area contributed by atoms with E-state index in [4.69, 9.17) is 21.1 Å². The predicted octanol–water partition coefficient (Wildman–Crippen LogP) is 5.03. The average Bonchev–Trinajstić information content (AvgIpc) is 2.80. The van der Waals surface area contributed by atoms with E-state index < -0.39 is 18.3 Å². The van der Waals surface area contributed by atoms with Crippen LogP contribution in [0.15, 0.2) is 70.2 Å². The monoisotopic (exact) mass is 533 g/mol. The molecule has 3 aromatic carbocycles. The van der Waals surface area contributed by atoms with Crippen molar-refractivity contribution in [2.24, 2.45) is 5.10 Å². The fraction of sp³-hybridized carbons (Fsp3) is 0.0870. The molecule has 0 atom stereocenters. The van der Waals surface area contributed by atoms with E-state index in [1.807, 2.05) is 0 Å². The molecule has 0 saturated carbocycles. The highest BCUT2D eigenvalue weighted by Crippen LogP contribution is 2.36. The van der Waals surface area contributed by atoms with Crippen molar-refractivity contribution in [2.75, 3.05) is 19.0 Å². The SMILES string of the molecule is COc1cc(/C=N/NC(=O)c2ccc(Br)cc2)cc(Cl)c1OCC(=O)Nc1ccccc1F. The molecule has 0 aromatic heterocycles. The van der Waals surface area contributed by atoms with Crippen LogP contribution in [0.2, 0.25) is 5.02 Å². The Morgan fingerprint density at radius 3 is 2.58 bits per heavy atom. The molecule has 2 N–H and O–H groups in total. The highest BCUT2D eigenvalue weighted by Gasteiger charge is 2.14. The second-order valence-electron chi connectivity index (χ2n) is 6.56. The molecule has 33 heavy (non-hydrogen) atoms. The Bertz CT molecular complexity index is 1190. The van der Waals surface area contributed by atoms with Gasteiger partial charge >= 0.3 is 0 Å². The Morgan fingerprint density at radius 2 is 1.88 bits per heavy atom. The van der Waals surface area contributed by atoms with E-state index in [0.29, 0.717) is 11.1 Å². The average molecular weight is 535 g/mol. The summed E-state index contributed by atoms with van der Waals surface area (Å²) in [5.74, 6) is -1.12. The summed E-state index contributed by atoms with van der Waals surface area (Å²) in [5.41, 5.74) is 3.44. The molecule has 0 aliphatic carbocycles. The van der Waals surface area contributed by atoms with Gasteiger partial charge in [0.25, 0.3) is 11.8 Å². The number of anilines is 1. The molecule has 3 aromatic rings. The van der Waals surface area contributed by atoms with E-state index in [2.05, 4.69) is 31.8 Å². The van der Waals surface area contributed by atoms with Gasteiger partial charge in [0.2, 0.25) is 0 Å². The fourth-order valence-electron chi connectivity index (χ4n) is 2.67. The van der Waals surface area contributed by atoms with Gasteiger partial charge in [0, 0.05) is 10.0 Å². The minimum Gasteiger partial charge on any atom is -0.493 e. The lowest BCUT2D eigenvalue weighted by Gasteiger charge is -2.13. The first kappa shape index (κ1) is 24.2. The zero-order chi connectivity index (χ0) is 23.8. The normalized spacial score (nSPS) is 10.7. The maximum atomic E-state index is 13.7. The zero-order valence-corrected chi connectivity index (χ0v) is 19.6. The zero-order valence-electron chi connectivity index (χ0n) is 17.3. The summed E-state index contributed by atoms with van der Waals surface area (Å²) >= 11 is 9.59. The number of hydrogen-bond acceptors (Lipinski definition) is 5. The van der Waals surface area contributed by atoms with Gasteiger partial charge in [0.05, 0.1) is 24.0 Å². The van der Waals surface area contributed by atoms with Crippen molar-refractivity contribution in [3.63, 3.8) is 0 Å². The minimum atomic E-state index is -0.570. The number of nitrogens with one attached hydrogen (secondary N) is 2. The Labute approximate surface area is 202 Å². The van der Waals surface area contributed by atoms with Crippen LogP contribution in [-0.2, 0) is 4.79 Å². The molecule has 0 saturated heterocycles. The lowest BCUT2D eigenvalue weighted by Crippen LogP contribution is -2.21. The van der Waals surface area contributed by atoms with Gasteiger partial charge in [-0.1, -0.05) is 39.7 Å². The molecule has 0 fully saturated rings. The smallest absolute Gasteiger partial charge is 0.271 e. The van der Waals surface area contributed by atoms with Crippen LogP contribution in [0.3, 0.4) is 0 Å². The number of hydrogen-bond donors (Lipinski definition) is 2. The van der Waals surface area contributed by atoms with Gasteiger partial charge in [-0.3, -0.25) is 9.59 Å². The van der Waals surface area contributed by atoms with Crippen LogP contribution in [-0.4, -0.2) is 31.7 Å². The Morgan fingerprint density at radius 1 is 1.15 bits per heavy atom. The summed E-state index contributed by atoms with van der Waals surface area (Å²) in [5, 5.41) is 6.50. The van der Waals surface area contributed by atoms with Gasteiger partial charge in [-0.05, 0) is 54.1 Å². The van der Waals surface area contributed by atoms with Gasteiger partial charge in [0.15, 0.2) is 18.1 Å². The van der Waals surface area contributed by atoms with Gasteiger partial charge in [0.1, 0.15) is 5.82 Å². The quantitative estimate of drug-likeness (QED) is 0.313. The first-order valence-corrected chi connectivity index (χ1v) is 10.7. The molecule has 0 radical (unpaired) electrons. The lowest BCUT2D eigenvalue weighted by molar-refractivity contribution is -0.118. The van der Waals surface area contributed by atoms with Crippen molar-refractivity contribution in [3.8, 4) is 11.5 Å². The summed E-state index contributed by atoms with van der Waals surface area (Å²) < 4.78 is 25.3. The number of amides is 2. The van der Waals surface area contributed by atoms with Gasteiger partial charge in [-0.2, -0.15) is 5.10 Å². The maximum absolute atomic E-state index is 13.7. The van der Waals surface area contributed by atoms with E-state index in [1.165, 1.54) is 37.6 Å². The minimum absolute atomic E-state index is 0.0425. The maximum Gasteiger partial charge on any atom is 0.271 e. The van der Waals surface area contributed by atoms with Crippen LogP contribution < -0.4 is 20.2 Å². The van der Waals surface area contributed by atoms with Crippen molar-refractivity contribution in [1.29, 1.82) is 0 Å². The highest BCUT2D eigenvalue weighted by molar-refractivity contribution is 9.10. The van der Waals surface area contributed by atoms with Crippen LogP contribution in [0.25, 0.3) is 0 Å². The Kier molecular flexibility index (Phi) is 8.39. The van der Waals surface area contributed by atoms with Gasteiger partial charge < -0.3 is 14.8 Å². The van der Waals surface area contributed by atoms with Crippen LogP contribution >= 0.6 is 27.5 Å². The molecule has 0 heterocycles. The third-order valence-electron chi connectivity index (χ3n) is 4.23. The first-order chi connectivity index (χ1) is 15.9. The van der Waals surface area contributed by atoms with E-state index in [0.717, 1.165) is 4.47 Å². The molecular weight excluding hydrogens is 517 g/mol. The molecule has 170 valence electrons. The molecule has 0 unspecified atom stereocenters. The van der Waals surface area contributed by atoms with Crippen LogP contribution in [0, 0.1) is 5.82 Å². The number of carbonyl (C=O) groups excluding carboxylic acids is 2. The number of hydrazone groups is 1. The Hall–Kier alpha value is -3.43. The van der Waals surface area contributed by atoms with E-state index in [-0.39, 0.29) is 28.1 Å². The molecule has 0 spiro atoms. The van der Waals surface area contributed by atoms with Crippen molar-refractivity contribution in [3.05, 3.63) is 87.1 Å². The lowest BCUT2D eigenvalue weighted by atomic mass is 10.2. The van der Waals surface area contributed by atoms with Crippen molar-refractivity contribution in [1.82, 2.24) is 5.43 Å². The van der Waals surface area contributed by atoms with E-state index in [9.17, 15) is 14.0 Å². The number of halogens is 3. The summed E-state index contributed by atoms with van der Waals surface area (Å²) in [6, 6.07) is 15.7. The molecule has 0 bridgehead atoms. The highest BCUT2D eigenvalue weighted by atomic mass is 79.9. The molecular formula is C23H18BrClFN3O4. The number of ether oxygens (including phenoxy) is 2. The summed E-state index contributed by atoms with van der Waals surface area (Å²) in [4.78, 5) is 24.2.